The minimum atomic E-state index is -4.37. The molecule has 1 aromatic rings. The van der Waals surface area contributed by atoms with Gasteiger partial charge in [-0.05, 0) is 23.5 Å². The van der Waals surface area contributed by atoms with Gasteiger partial charge in [-0.1, -0.05) is 13.8 Å². The number of hydrogen-bond acceptors (Lipinski definition) is 2. The molecule has 0 bridgehead atoms. The topological polar surface area (TPSA) is 33.1 Å². The summed E-state index contributed by atoms with van der Waals surface area (Å²) in [5.74, 6) is 0. The largest absolute Gasteiger partial charge is 0.417 e. The summed E-state index contributed by atoms with van der Waals surface area (Å²) in [6.07, 6.45) is -1.81. The summed E-state index contributed by atoms with van der Waals surface area (Å²) in [5.41, 5.74) is -0.709. The van der Waals surface area contributed by atoms with Gasteiger partial charge in [0.05, 0.1) is 5.56 Å². The Kier molecular flexibility index (Phi) is 3.57. The van der Waals surface area contributed by atoms with Crippen LogP contribution in [0.1, 0.15) is 25.0 Å². The minimum absolute atomic E-state index is 0.0801. The summed E-state index contributed by atoms with van der Waals surface area (Å²) in [6.45, 7) is 3.49. The van der Waals surface area contributed by atoms with Crippen LogP contribution in [0.3, 0.4) is 0 Å². The van der Waals surface area contributed by atoms with Crippen molar-refractivity contribution in [2.45, 2.75) is 26.4 Å². The maximum Gasteiger partial charge on any atom is 0.417 e. The summed E-state index contributed by atoms with van der Waals surface area (Å²) >= 11 is 0. The lowest BCUT2D eigenvalue weighted by Gasteiger charge is -2.21. The van der Waals surface area contributed by atoms with Gasteiger partial charge in [-0.3, -0.25) is 4.98 Å². The maximum absolute atomic E-state index is 12.4. The lowest BCUT2D eigenvalue weighted by molar-refractivity contribution is -0.137. The Bertz CT molecular complexity index is 360. The molecule has 1 N–H and O–H groups in total. The Hall–Kier alpha value is -1.10. The molecule has 1 heterocycles. The highest BCUT2D eigenvalue weighted by atomic mass is 19.4. The van der Waals surface area contributed by atoms with E-state index in [1.807, 2.05) is 0 Å². The van der Waals surface area contributed by atoms with E-state index in [9.17, 15) is 13.2 Å². The predicted molar refractivity (Wildman–Crippen MR) is 53.8 cm³/mol. The summed E-state index contributed by atoms with van der Waals surface area (Å²) in [4.78, 5) is 3.57. The van der Waals surface area contributed by atoms with Crippen molar-refractivity contribution in [3.8, 4) is 0 Å². The second-order valence-electron chi connectivity index (χ2n) is 4.58. The smallest absolute Gasteiger partial charge is 0.396 e. The molecule has 2 nitrogen and oxygen atoms in total. The first-order chi connectivity index (χ1) is 7.24. The summed E-state index contributed by atoms with van der Waals surface area (Å²) in [6, 6.07) is 1.07. The molecule has 0 aliphatic rings. The van der Waals surface area contributed by atoms with Crippen molar-refractivity contribution in [2.75, 3.05) is 6.61 Å². The van der Waals surface area contributed by atoms with Crippen LogP contribution in [0.5, 0.6) is 0 Å². The number of aliphatic hydroxyl groups excluding tert-OH is 1. The van der Waals surface area contributed by atoms with Gasteiger partial charge >= 0.3 is 6.18 Å². The zero-order valence-corrected chi connectivity index (χ0v) is 9.17. The first kappa shape index (κ1) is 13.0. The van der Waals surface area contributed by atoms with Gasteiger partial charge in [-0.25, -0.2) is 0 Å². The maximum atomic E-state index is 12.4. The van der Waals surface area contributed by atoms with Crippen LogP contribution in [0.15, 0.2) is 18.5 Å². The van der Waals surface area contributed by atoms with E-state index in [1.165, 1.54) is 6.20 Å². The van der Waals surface area contributed by atoms with Crippen molar-refractivity contribution in [1.82, 2.24) is 4.98 Å². The number of aromatic nitrogens is 1. The van der Waals surface area contributed by atoms with Gasteiger partial charge in [0.25, 0.3) is 0 Å². The molecule has 0 aliphatic heterocycles. The average Bonchev–Trinajstić information content (AvgIpc) is 2.16. The molecule has 0 aliphatic carbocycles. The van der Waals surface area contributed by atoms with Crippen LogP contribution in [-0.2, 0) is 12.6 Å². The number of pyridine rings is 1. The fourth-order valence-corrected chi connectivity index (χ4v) is 1.35. The van der Waals surface area contributed by atoms with Gasteiger partial charge in [0.15, 0.2) is 0 Å². The van der Waals surface area contributed by atoms with Crippen LogP contribution < -0.4 is 0 Å². The van der Waals surface area contributed by atoms with Crippen LogP contribution in [0.2, 0.25) is 0 Å². The molecule has 0 fully saturated rings. The van der Waals surface area contributed by atoms with Gasteiger partial charge in [0, 0.05) is 19.0 Å². The third-order valence-electron chi connectivity index (χ3n) is 2.23. The molecule has 0 saturated heterocycles. The molecule has 0 amide bonds. The summed E-state index contributed by atoms with van der Waals surface area (Å²) in [5, 5.41) is 9.04. The lowest BCUT2D eigenvalue weighted by Crippen LogP contribution is -2.20. The SMILES string of the molecule is CC(C)(CO)Cc1cncc(C(F)(F)F)c1. The molecule has 0 spiro atoms. The minimum Gasteiger partial charge on any atom is -0.396 e. The molecular formula is C11H14F3NO. The molecular weight excluding hydrogens is 219 g/mol. The number of nitrogens with zero attached hydrogens (tertiary/aromatic N) is 1. The van der Waals surface area contributed by atoms with E-state index >= 15 is 0 Å². The van der Waals surface area contributed by atoms with Crippen LogP contribution >= 0.6 is 0 Å². The van der Waals surface area contributed by atoms with Crippen molar-refractivity contribution in [3.63, 3.8) is 0 Å². The van der Waals surface area contributed by atoms with Crippen LogP contribution in [-0.4, -0.2) is 16.7 Å². The third kappa shape index (κ3) is 3.48. The van der Waals surface area contributed by atoms with Crippen molar-refractivity contribution >= 4 is 0 Å². The van der Waals surface area contributed by atoms with E-state index in [0.29, 0.717) is 12.0 Å². The number of aliphatic hydroxyl groups is 1. The van der Waals surface area contributed by atoms with Crippen LogP contribution in [0.25, 0.3) is 0 Å². The first-order valence-corrected chi connectivity index (χ1v) is 4.86. The standard InChI is InChI=1S/C11H14F3NO/c1-10(2,7-16)4-8-3-9(6-15-5-8)11(12,13)14/h3,5-6,16H,4,7H2,1-2H3. The number of hydrogen-bond donors (Lipinski definition) is 1. The molecule has 5 heteroatoms. The molecule has 16 heavy (non-hydrogen) atoms. The first-order valence-electron chi connectivity index (χ1n) is 4.86. The van der Waals surface area contributed by atoms with E-state index in [2.05, 4.69) is 4.98 Å². The molecule has 0 aromatic carbocycles. The normalized spacial score (nSPS) is 12.9. The average molecular weight is 233 g/mol. The highest BCUT2D eigenvalue weighted by molar-refractivity contribution is 5.21. The third-order valence-corrected chi connectivity index (χ3v) is 2.23. The van der Waals surface area contributed by atoms with Crippen molar-refractivity contribution in [1.29, 1.82) is 0 Å². The fourth-order valence-electron chi connectivity index (χ4n) is 1.35. The molecule has 90 valence electrons. The number of halogens is 3. The van der Waals surface area contributed by atoms with Crippen LogP contribution in [0, 0.1) is 5.41 Å². The van der Waals surface area contributed by atoms with Crippen molar-refractivity contribution < 1.29 is 18.3 Å². The number of alkyl halides is 3. The molecule has 0 radical (unpaired) electrons. The highest BCUT2D eigenvalue weighted by Crippen LogP contribution is 2.30. The lowest BCUT2D eigenvalue weighted by atomic mass is 9.87. The van der Waals surface area contributed by atoms with Crippen LogP contribution in [0.4, 0.5) is 13.2 Å². The summed E-state index contributed by atoms with van der Waals surface area (Å²) < 4.78 is 37.2. The molecule has 1 rings (SSSR count). The Labute approximate surface area is 92.1 Å². The Morgan fingerprint density at radius 3 is 2.38 bits per heavy atom. The van der Waals surface area contributed by atoms with Gasteiger partial charge in [0.2, 0.25) is 0 Å². The molecule has 0 saturated carbocycles. The second-order valence-corrected chi connectivity index (χ2v) is 4.58. The molecule has 0 unspecified atom stereocenters. The molecule has 0 atom stereocenters. The Morgan fingerprint density at radius 1 is 1.25 bits per heavy atom. The van der Waals surface area contributed by atoms with Gasteiger partial charge in [0.1, 0.15) is 0 Å². The van der Waals surface area contributed by atoms with E-state index in [0.717, 1.165) is 12.3 Å². The van der Waals surface area contributed by atoms with Gasteiger partial charge in [-0.2, -0.15) is 13.2 Å². The van der Waals surface area contributed by atoms with Gasteiger partial charge < -0.3 is 5.11 Å². The van der Waals surface area contributed by atoms with E-state index < -0.39 is 17.2 Å². The summed E-state index contributed by atoms with van der Waals surface area (Å²) in [7, 11) is 0. The Morgan fingerprint density at radius 2 is 1.88 bits per heavy atom. The van der Waals surface area contributed by atoms with E-state index in [-0.39, 0.29) is 6.61 Å². The zero-order valence-electron chi connectivity index (χ0n) is 9.17. The fraction of sp³-hybridized carbons (Fsp3) is 0.545. The zero-order chi connectivity index (χ0) is 12.4. The Balaban J connectivity index is 2.92. The van der Waals surface area contributed by atoms with Crippen molar-refractivity contribution in [3.05, 3.63) is 29.6 Å². The highest BCUT2D eigenvalue weighted by Gasteiger charge is 2.31. The monoisotopic (exact) mass is 233 g/mol. The number of rotatable bonds is 3. The van der Waals surface area contributed by atoms with Crippen molar-refractivity contribution in [2.24, 2.45) is 5.41 Å². The van der Waals surface area contributed by atoms with E-state index in [1.54, 1.807) is 13.8 Å². The van der Waals surface area contributed by atoms with E-state index in [4.69, 9.17) is 5.11 Å². The molecule has 1 aromatic heterocycles. The predicted octanol–water partition coefficient (Wildman–Crippen LogP) is 2.66. The quantitative estimate of drug-likeness (QED) is 0.870. The van der Waals surface area contributed by atoms with Gasteiger partial charge in [-0.15, -0.1) is 0 Å². The second kappa shape index (κ2) is 4.41.